The van der Waals surface area contributed by atoms with E-state index in [2.05, 4.69) is 22.6 Å². The van der Waals surface area contributed by atoms with E-state index in [9.17, 15) is 9.18 Å². The number of hydrogen-bond donors (Lipinski definition) is 0. The predicted molar refractivity (Wildman–Crippen MR) is 75.6 cm³/mol. The van der Waals surface area contributed by atoms with Crippen LogP contribution < -0.4 is 4.74 Å². The average Bonchev–Trinajstić information content (AvgIpc) is 2.31. The highest BCUT2D eigenvalue weighted by Crippen LogP contribution is 2.26. The second-order valence-corrected chi connectivity index (χ2v) is 5.01. The van der Waals surface area contributed by atoms with Crippen molar-refractivity contribution in [3.05, 3.63) is 57.4 Å². The average molecular weight is 356 g/mol. The Bertz CT molecular complexity index is 596. The molecular formula is C14H10FIO2. The molecule has 92 valence electrons. The fraction of sp³-hybridized carbons (Fsp3) is 0.0714. The minimum atomic E-state index is -0.540. The van der Waals surface area contributed by atoms with Crippen LogP contribution in [0.15, 0.2) is 42.5 Å². The van der Waals surface area contributed by atoms with Crippen molar-refractivity contribution in [3.8, 4) is 11.5 Å². The maximum Gasteiger partial charge on any atom is 0.166 e. The molecule has 4 heteroatoms. The molecule has 2 nitrogen and oxygen atoms in total. The lowest BCUT2D eigenvalue weighted by molar-refractivity contribution is 0.101. The van der Waals surface area contributed by atoms with Gasteiger partial charge in [0, 0.05) is 9.13 Å². The fourth-order valence-electron chi connectivity index (χ4n) is 1.46. The molecule has 2 aromatic carbocycles. The minimum Gasteiger partial charge on any atom is -0.454 e. The molecule has 0 N–H and O–H groups in total. The highest BCUT2D eigenvalue weighted by molar-refractivity contribution is 14.1. The van der Waals surface area contributed by atoms with Crippen LogP contribution in [0, 0.1) is 9.39 Å². The predicted octanol–water partition coefficient (Wildman–Crippen LogP) is 4.43. The number of hydrogen-bond acceptors (Lipinski definition) is 2. The zero-order valence-corrected chi connectivity index (χ0v) is 11.8. The molecule has 0 heterocycles. The van der Waals surface area contributed by atoms with Crippen LogP contribution in [0.3, 0.4) is 0 Å². The van der Waals surface area contributed by atoms with E-state index in [1.807, 2.05) is 12.1 Å². The Hall–Kier alpha value is -1.43. The molecule has 0 amide bonds. The Balaban J connectivity index is 2.27. The first-order valence-electron chi connectivity index (χ1n) is 5.30. The zero-order valence-electron chi connectivity index (χ0n) is 9.61. The number of carbonyl (C=O) groups is 1. The molecule has 0 aliphatic carbocycles. The van der Waals surface area contributed by atoms with Gasteiger partial charge in [0.2, 0.25) is 0 Å². The quantitative estimate of drug-likeness (QED) is 0.601. The fourth-order valence-corrected chi connectivity index (χ4v) is 1.97. The highest BCUT2D eigenvalue weighted by Gasteiger charge is 2.08. The standard InChI is InChI=1S/C14H10FIO2/c1-9(17)10-5-6-14(13(15)7-10)18-12-4-2-3-11(16)8-12/h2-8H,1H3. The van der Waals surface area contributed by atoms with Gasteiger partial charge in [0.15, 0.2) is 17.3 Å². The monoisotopic (exact) mass is 356 g/mol. The molecule has 0 unspecified atom stereocenters. The van der Waals surface area contributed by atoms with Crippen LogP contribution in [0.5, 0.6) is 11.5 Å². The van der Waals surface area contributed by atoms with E-state index in [0.717, 1.165) is 3.57 Å². The van der Waals surface area contributed by atoms with Crippen LogP contribution in [-0.2, 0) is 0 Å². The van der Waals surface area contributed by atoms with E-state index in [0.29, 0.717) is 11.3 Å². The number of benzene rings is 2. The van der Waals surface area contributed by atoms with E-state index >= 15 is 0 Å². The third-order valence-corrected chi connectivity index (χ3v) is 3.03. The van der Waals surface area contributed by atoms with E-state index in [1.54, 1.807) is 18.2 Å². The van der Waals surface area contributed by atoms with Crippen LogP contribution in [0.25, 0.3) is 0 Å². The van der Waals surface area contributed by atoms with E-state index in [4.69, 9.17) is 4.74 Å². The van der Waals surface area contributed by atoms with Gasteiger partial charge in [-0.3, -0.25) is 4.79 Å². The maximum absolute atomic E-state index is 13.7. The summed E-state index contributed by atoms with van der Waals surface area (Å²) in [5.41, 5.74) is 0.336. The molecule has 2 rings (SSSR count). The van der Waals surface area contributed by atoms with Gasteiger partial charge in [0.05, 0.1) is 0 Å². The maximum atomic E-state index is 13.7. The second kappa shape index (κ2) is 5.48. The summed E-state index contributed by atoms with van der Waals surface area (Å²) in [5, 5.41) is 0. The minimum absolute atomic E-state index is 0.113. The van der Waals surface area contributed by atoms with Gasteiger partial charge in [-0.25, -0.2) is 4.39 Å². The second-order valence-electron chi connectivity index (χ2n) is 3.76. The lowest BCUT2D eigenvalue weighted by atomic mass is 10.1. The SMILES string of the molecule is CC(=O)c1ccc(Oc2cccc(I)c2)c(F)c1. The van der Waals surface area contributed by atoms with Crippen molar-refractivity contribution < 1.29 is 13.9 Å². The van der Waals surface area contributed by atoms with E-state index in [-0.39, 0.29) is 11.5 Å². The summed E-state index contributed by atoms with van der Waals surface area (Å²) in [6.45, 7) is 1.40. The highest BCUT2D eigenvalue weighted by atomic mass is 127. The van der Waals surface area contributed by atoms with Crippen LogP contribution in [0.1, 0.15) is 17.3 Å². The summed E-state index contributed by atoms with van der Waals surface area (Å²) in [4.78, 5) is 11.1. The normalized spacial score (nSPS) is 10.2. The molecule has 2 aromatic rings. The van der Waals surface area contributed by atoms with Gasteiger partial charge in [0.25, 0.3) is 0 Å². The molecular weight excluding hydrogens is 346 g/mol. The van der Waals surface area contributed by atoms with Crippen molar-refractivity contribution in [1.82, 2.24) is 0 Å². The molecule has 0 saturated carbocycles. The summed E-state index contributed by atoms with van der Waals surface area (Å²) >= 11 is 2.15. The largest absolute Gasteiger partial charge is 0.454 e. The first-order chi connectivity index (χ1) is 8.56. The number of rotatable bonds is 3. The van der Waals surface area contributed by atoms with Gasteiger partial charge in [-0.15, -0.1) is 0 Å². The van der Waals surface area contributed by atoms with Crippen molar-refractivity contribution in [2.75, 3.05) is 0 Å². The van der Waals surface area contributed by atoms with Gasteiger partial charge in [-0.05, 0) is 65.9 Å². The molecule has 0 aromatic heterocycles. The summed E-state index contributed by atoms with van der Waals surface area (Å²) in [7, 11) is 0. The van der Waals surface area contributed by atoms with Gasteiger partial charge >= 0.3 is 0 Å². The number of ketones is 1. The molecule has 0 bridgehead atoms. The smallest absolute Gasteiger partial charge is 0.166 e. The third-order valence-electron chi connectivity index (χ3n) is 2.36. The van der Waals surface area contributed by atoms with Crippen LogP contribution >= 0.6 is 22.6 Å². The third kappa shape index (κ3) is 3.07. The summed E-state index contributed by atoms with van der Waals surface area (Å²) in [6.07, 6.45) is 0. The molecule has 0 fully saturated rings. The van der Waals surface area contributed by atoms with Crippen molar-refractivity contribution in [2.24, 2.45) is 0 Å². The molecule has 0 aliphatic heterocycles. The topological polar surface area (TPSA) is 26.3 Å². The first kappa shape index (κ1) is 13.0. The molecule has 0 radical (unpaired) electrons. The Morgan fingerprint density at radius 1 is 1.22 bits per heavy atom. The number of halogens is 2. The lowest BCUT2D eigenvalue weighted by Gasteiger charge is -2.07. The Morgan fingerprint density at radius 3 is 2.61 bits per heavy atom. The Kier molecular flexibility index (Phi) is 3.96. The molecule has 18 heavy (non-hydrogen) atoms. The van der Waals surface area contributed by atoms with E-state index in [1.165, 1.54) is 19.1 Å². The number of ether oxygens (including phenoxy) is 1. The summed E-state index contributed by atoms with van der Waals surface area (Å²) < 4.78 is 20.2. The van der Waals surface area contributed by atoms with Gasteiger partial charge in [-0.1, -0.05) is 6.07 Å². The van der Waals surface area contributed by atoms with Gasteiger partial charge in [-0.2, -0.15) is 0 Å². The zero-order chi connectivity index (χ0) is 13.1. The molecule has 0 aliphatic rings. The Morgan fingerprint density at radius 2 is 2.00 bits per heavy atom. The van der Waals surface area contributed by atoms with Crippen LogP contribution in [0.4, 0.5) is 4.39 Å². The lowest BCUT2D eigenvalue weighted by Crippen LogP contribution is -1.95. The van der Waals surface area contributed by atoms with Gasteiger partial charge in [0.1, 0.15) is 5.75 Å². The summed E-state index contributed by atoms with van der Waals surface area (Å²) in [6, 6.07) is 11.5. The summed E-state index contributed by atoms with van der Waals surface area (Å²) in [5.74, 6) is -0.0327. The van der Waals surface area contributed by atoms with Crippen molar-refractivity contribution in [3.63, 3.8) is 0 Å². The first-order valence-corrected chi connectivity index (χ1v) is 6.38. The van der Waals surface area contributed by atoms with Crippen LogP contribution in [-0.4, -0.2) is 5.78 Å². The van der Waals surface area contributed by atoms with Crippen molar-refractivity contribution >= 4 is 28.4 Å². The Labute approximate surface area is 118 Å². The molecule has 0 atom stereocenters. The molecule has 0 spiro atoms. The van der Waals surface area contributed by atoms with Crippen molar-refractivity contribution in [2.45, 2.75) is 6.92 Å². The van der Waals surface area contributed by atoms with E-state index < -0.39 is 5.82 Å². The van der Waals surface area contributed by atoms with Gasteiger partial charge < -0.3 is 4.74 Å². The number of Topliss-reactive ketones (excluding diaryl/α,β-unsaturated/α-hetero) is 1. The van der Waals surface area contributed by atoms with Crippen LogP contribution in [0.2, 0.25) is 0 Å². The number of carbonyl (C=O) groups excluding carboxylic acids is 1. The van der Waals surface area contributed by atoms with Crippen molar-refractivity contribution in [1.29, 1.82) is 0 Å². The molecule has 0 saturated heterocycles.